The molecule has 1 aromatic carbocycles. The van der Waals surface area contributed by atoms with Crippen molar-refractivity contribution in [3.63, 3.8) is 0 Å². The van der Waals surface area contributed by atoms with Crippen molar-refractivity contribution in [2.45, 2.75) is 20.3 Å². The number of benzene rings is 1. The Hall–Kier alpha value is -1.69. The second-order valence-corrected chi connectivity index (χ2v) is 4.96. The SMILES string of the molecule is CCc1nc(N)c(C)c(Nc2ccc(F)c(Br)c2)n1. The molecule has 0 spiro atoms. The molecule has 0 atom stereocenters. The molecule has 4 nitrogen and oxygen atoms in total. The molecule has 0 fully saturated rings. The Morgan fingerprint density at radius 1 is 1.37 bits per heavy atom. The fourth-order valence-electron chi connectivity index (χ4n) is 1.57. The molecule has 1 aromatic heterocycles. The van der Waals surface area contributed by atoms with Crippen LogP contribution in [-0.2, 0) is 6.42 Å². The first-order chi connectivity index (χ1) is 9.01. The molecule has 3 N–H and O–H groups in total. The van der Waals surface area contributed by atoms with E-state index in [1.807, 2.05) is 13.8 Å². The van der Waals surface area contributed by atoms with Crippen LogP contribution in [0.4, 0.5) is 21.7 Å². The van der Waals surface area contributed by atoms with Gasteiger partial charge >= 0.3 is 0 Å². The first-order valence-electron chi connectivity index (χ1n) is 5.86. The highest BCUT2D eigenvalue weighted by Crippen LogP contribution is 2.25. The topological polar surface area (TPSA) is 63.8 Å². The van der Waals surface area contributed by atoms with Gasteiger partial charge in [-0.2, -0.15) is 0 Å². The average molecular weight is 325 g/mol. The van der Waals surface area contributed by atoms with E-state index in [-0.39, 0.29) is 5.82 Å². The van der Waals surface area contributed by atoms with Gasteiger partial charge in [0.2, 0.25) is 0 Å². The fraction of sp³-hybridized carbons (Fsp3) is 0.231. The smallest absolute Gasteiger partial charge is 0.139 e. The highest BCUT2D eigenvalue weighted by molar-refractivity contribution is 9.10. The Morgan fingerprint density at radius 3 is 2.74 bits per heavy atom. The zero-order valence-electron chi connectivity index (χ0n) is 10.7. The summed E-state index contributed by atoms with van der Waals surface area (Å²) in [4.78, 5) is 8.57. The molecule has 0 bridgehead atoms. The van der Waals surface area contributed by atoms with Crippen LogP contribution >= 0.6 is 15.9 Å². The van der Waals surface area contributed by atoms with Gasteiger partial charge in [-0.1, -0.05) is 6.92 Å². The largest absolute Gasteiger partial charge is 0.383 e. The second kappa shape index (κ2) is 5.52. The molecule has 2 rings (SSSR count). The summed E-state index contributed by atoms with van der Waals surface area (Å²) in [5, 5.41) is 3.13. The first kappa shape index (κ1) is 13.7. The van der Waals surface area contributed by atoms with Crippen LogP contribution in [-0.4, -0.2) is 9.97 Å². The van der Waals surface area contributed by atoms with Crippen molar-refractivity contribution in [2.24, 2.45) is 0 Å². The van der Waals surface area contributed by atoms with E-state index in [0.29, 0.717) is 28.4 Å². The second-order valence-electron chi connectivity index (χ2n) is 4.11. The monoisotopic (exact) mass is 324 g/mol. The molecule has 0 saturated carbocycles. The van der Waals surface area contributed by atoms with Crippen LogP contribution in [0.1, 0.15) is 18.3 Å². The van der Waals surface area contributed by atoms with Crippen LogP contribution in [0.5, 0.6) is 0 Å². The number of hydrogen-bond donors (Lipinski definition) is 2. The van der Waals surface area contributed by atoms with Crippen LogP contribution < -0.4 is 11.1 Å². The number of halogens is 2. The van der Waals surface area contributed by atoms with Gasteiger partial charge in [0.25, 0.3) is 0 Å². The third-order valence-electron chi connectivity index (χ3n) is 2.73. The molecule has 0 radical (unpaired) electrons. The van der Waals surface area contributed by atoms with E-state index < -0.39 is 0 Å². The summed E-state index contributed by atoms with van der Waals surface area (Å²) in [5.74, 6) is 1.46. The lowest BCUT2D eigenvalue weighted by Crippen LogP contribution is -2.06. The molecular formula is C13H14BrFN4. The number of hydrogen-bond acceptors (Lipinski definition) is 4. The number of aryl methyl sites for hydroxylation is 1. The van der Waals surface area contributed by atoms with Crippen molar-refractivity contribution in [1.82, 2.24) is 9.97 Å². The van der Waals surface area contributed by atoms with Crippen LogP contribution in [0.3, 0.4) is 0 Å². The number of rotatable bonds is 3. The van der Waals surface area contributed by atoms with Crippen LogP contribution in [0.15, 0.2) is 22.7 Å². The minimum atomic E-state index is -0.307. The van der Waals surface area contributed by atoms with Gasteiger partial charge in [0.15, 0.2) is 0 Å². The number of nitrogen functional groups attached to an aromatic ring is 1. The number of nitrogens with zero attached hydrogens (tertiary/aromatic N) is 2. The van der Waals surface area contributed by atoms with Crippen molar-refractivity contribution in [3.8, 4) is 0 Å². The summed E-state index contributed by atoms with van der Waals surface area (Å²) in [6, 6.07) is 4.68. The molecule has 0 aliphatic carbocycles. The summed E-state index contributed by atoms with van der Waals surface area (Å²) in [6.07, 6.45) is 0.701. The first-order valence-corrected chi connectivity index (χ1v) is 6.65. The van der Waals surface area contributed by atoms with Gasteiger partial charge in [-0.25, -0.2) is 14.4 Å². The molecule has 0 aliphatic rings. The maximum Gasteiger partial charge on any atom is 0.139 e. The van der Waals surface area contributed by atoms with Gasteiger partial charge in [-0.15, -0.1) is 0 Å². The van der Waals surface area contributed by atoms with Gasteiger partial charge in [0, 0.05) is 17.7 Å². The molecule has 0 aliphatic heterocycles. The summed E-state index contributed by atoms with van der Waals surface area (Å²) in [6.45, 7) is 3.80. The Bertz CT molecular complexity index is 616. The van der Waals surface area contributed by atoms with Crippen molar-refractivity contribution >= 4 is 33.3 Å². The third kappa shape index (κ3) is 3.01. The standard InChI is InChI=1S/C13H14BrFN4/c1-3-11-18-12(16)7(2)13(19-11)17-8-4-5-10(15)9(14)6-8/h4-6H,3H2,1-2H3,(H3,16,17,18,19). The molecule has 6 heteroatoms. The molecule has 19 heavy (non-hydrogen) atoms. The van der Waals surface area contributed by atoms with Crippen LogP contribution in [0, 0.1) is 12.7 Å². The van der Waals surface area contributed by atoms with Crippen LogP contribution in [0.25, 0.3) is 0 Å². The number of anilines is 3. The normalized spacial score (nSPS) is 10.5. The molecule has 0 saturated heterocycles. The van der Waals surface area contributed by atoms with E-state index in [9.17, 15) is 4.39 Å². The quantitative estimate of drug-likeness (QED) is 0.905. The molecule has 0 amide bonds. The molecule has 100 valence electrons. The van der Waals surface area contributed by atoms with E-state index in [1.165, 1.54) is 6.07 Å². The van der Waals surface area contributed by atoms with E-state index >= 15 is 0 Å². The minimum absolute atomic E-state index is 0.307. The third-order valence-corrected chi connectivity index (χ3v) is 3.34. The molecule has 0 unspecified atom stereocenters. The molecule has 2 aromatic rings. The van der Waals surface area contributed by atoms with Gasteiger partial charge in [-0.05, 0) is 41.1 Å². The van der Waals surface area contributed by atoms with Gasteiger partial charge in [0.1, 0.15) is 23.3 Å². The van der Waals surface area contributed by atoms with E-state index in [2.05, 4.69) is 31.2 Å². The molecule has 1 heterocycles. The summed E-state index contributed by atoms with van der Waals surface area (Å²) < 4.78 is 13.6. The summed E-state index contributed by atoms with van der Waals surface area (Å²) in [5.41, 5.74) is 7.35. The predicted molar refractivity (Wildman–Crippen MR) is 77.9 cm³/mol. The fourth-order valence-corrected chi connectivity index (χ4v) is 1.95. The van der Waals surface area contributed by atoms with Crippen molar-refractivity contribution in [1.29, 1.82) is 0 Å². The van der Waals surface area contributed by atoms with Gasteiger partial charge in [-0.3, -0.25) is 0 Å². The van der Waals surface area contributed by atoms with Crippen molar-refractivity contribution in [2.75, 3.05) is 11.1 Å². The number of nitrogens with one attached hydrogen (secondary N) is 1. The van der Waals surface area contributed by atoms with Gasteiger partial charge < -0.3 is 11.1 Å². The van der Waals surface area contributed by atoms with E-state index in [1.54, 1.807) is 12.1 Å². The van der Waals surface area contributed by atoms with Crippen molar-refractivity contribution in [3.05, 3.63) is 39.9 Å². The Labute approximate surface area is 119 Å². The lowest BCUT2D eigenvalue weighted by molar-refractivity contribution is 0.621. The van der Waals surface area contributed by atoms with E-state index in [4.69, 9.17) is 5.73 Å². The number of aromatic nitrogens is 2. The maximum absolute atomic E-state index is 13.2. The Kier molecular flexibility index (Phi) is 3.99. The summed E-state index contributed by atoms with van der Waals surface area (Å²) in [7, 11) is 0. The minimum Gasteiger partial charge on any atom is -0.383 e. The lowest BCUT2D eigenvalue weighted by atomic mass is 10.2. The van der Waals surface area contributed by atoms with Gasteiger partial charge in [0.05, 0.1) is 4.47 Å². The zero-order chi connectivity index (χ0) is 14.0. The Morgan fingerprint density at radius 2 is 2.11 bits per heavy atom. The zero-order valence-corrected chi connectivity index (χ0v) is 12.3. The highest BCUT2D eigenvalue weighted by Gasteiger charge is 2.09. The lowest BCUT2D eigenvalue weighted by Gasteiger charge is -2.12. The Balaban J connectivity index is 2.37. The van der Waals surface area contributed by atoms with Crippen LogP contribution in [0.2, 0.25) is 0 Å². The number of nitrogens with two attached hydrogens (primary N) is 1. The van der Waals surface area contributed by atoms with E-state index in [0.717, 1.165) is 11.3 Å². The molecular weight excluding hydrogens is 311 g/mol. The predicted octanol–water partition coefficient (Wildman–Crippen LogP) is 3.57. The average Bonchev–Trinajstić information content (AvgIpc) is 2.39. The summed E-state index contributed by atoms with van der Waals surface area (Å²) >= 11 is 3.15. The highest BCUT2D eigenvalue weighted by atomic mass is 79.9. The van der Waals surface area contributed by atoms with Crippen molar-refractivity contribution < 1.29 is 4.39 Å². The maximum atomic E-state index is 13.2.